The lowest BCUT2D eigenvalue weighted by Gasteiger charge is -2.25. The fourth-order valence-electron chi connectivity index (χ4n) is 3.32. The molecule has 1 atom stereocenters. The number of hydrogen-bond acceptors (Lipinski definition) is 5. The second-order valence-electron chi connectivity index (χ2n) is 7.16. The van der Waals surface area contributed by atoms with Crippen LogP contribution >= 0.6 is 11.3 Å². The van der Waals surface area contributed by atoms with Crippen molar-refractivity contribution in [1.82, 2.24) is 10.3 Å². The van der Waals surface area contributed by atoms with Gasteiger partial charge in [0.05, 0.1) is 5.69 Å². The van der Waals surface area contributed by atoms with E-state index in [-0.39, 0.29) is 11.9 Å². The number of nitrogens with one attached hydrogen (secondary N) is 1. The standard InChI is InChI=1S/C22H23FN2O2S/c1-14(2)21(16-5-8-19-20(11-16)27-10-9-26-19)24-12-18-13-28-22(25-18)15-3-6-17(23)7-4-15/h3-8,11,13-14,21,24H,9-10,12H2,1-2H3. The molecule has 0 amide bonds. The lowest BCUT2D eigenvalue weighted by Crippen LogP contribution is -2.26. The molecule has 1 unspecified atom stereocenters. The van der Waals surface area contributed by atoms with Crippen LogP contribution in [0.2, 0.25) is 0 Å². The van der Waals surface area contributed by atoms with E-state index in [2.05, 4.69) is 31.3 Å². The average Bonchev–Trinajstić information content (AvgIpc) is 3.17. The van der Waals surface area contributed by atoms with Crippen LogP contribution < -0.4 is 14.8 Å². The van der Waals surface area contributed by atoms with E-state index in [1.54, 1.807) is 23.5 Å². The third-order valence-electron chi connectivity index (χ3n) is 4.74. The zero-order valence-corrected chi connectivity index (χ0v) is 16.8. The van der Waals surface area contributed by atoms with Crippen LogP contribution in [0.4, 0.5) is 4.39 Å². The van der Waals surface area contributed by atoms with Crippen LogP contribution in [-0.2, 0) is 6.54 Å². The quantitative estimate of drug-likeness (QED) is 0.619. The maximum Gasteiger partial charge on any atom is 0.161 e. The maximum atomic E-state index is 13.1. The first kappa shape index (κ1) is 18.9. The molecule has 4 nitrogen and oxygen atoms in total. The maximum absolute atomic E-state index is 13.1. The summed E-state index contributed by atoms with van der Waals surface area (Å²) < 4.78 is 24.5. The number of nitrogens with zero attached hydrogens (tertiary/aromatic N) is 1. The number of benzene rings is 2. The zero-order chi connectivity index (χ0) is 19.5. The largest absolute Gasteiger partial charge is 0.486 e. The van der Waals surface area contributed by atoms with Gasteiger partial charge in [0.25, 0.3) is 0 Å². The summed E-state index contributed by atoms with van der Waals surface area (Å²) in [5, 5.41) is 6.57. The molecule has 0 saturated carbocycles. The molecule has 0 radical (unpaired) electrons. The Morgan fingerprint density at radius 2 is 1.82 bits per heavy atom. The average molecular weight is 399 g/mol. The number of hydrogen-bond donors (Lipinski definition) is 1. The number of aromatic nitrogens is 1. The summed E-state index contributed by atoms with van der Waals surface area (Å²) in [5.74, 6) is 1.78. The molecule has 28 heavy (non-hydrogen) atoms. The number of rotatable bonds is 6. The second kappa shape index (κ2) is 8.29. The molecule has 1 aromatic heterocycles. The zero-order valence-electron chi connectivity index (χ0n) is 15.9. The van der Waals surface area contributed by atoms with Gasteiger partial charge < -0.3 is 14.8 Å². The highest BCUT2D eigenvalue weighted by atomic mass is 32.1. The molecule has 0 aliphatic carbocycles. The van der Waals surface area contributed by atoms with Crippen molar-refractivity contribution in [3.8, 4) is 22.1 Å². The number of halogens is 1. The minimum absolute atomic E-state index is 0.173. The van der Waals surface area contributed by atoms with E-state index in [9.17, 15) is 4.39 Å². The minimum atomic E-state index is -0.235. The van der Waals surface area contributed by atoms with Crippen molar-refractivity contribution in [2.45, 2.75) is 26.4 Å². The Balaban J connectivity index is 1.47. The van der Waals surface area contributed by atoms with Gasteiger partial charge in [-0.2, -0.15) is 0 Å². The Labute approximate surface area is 168 Å². The van der Waals surface area contributed by atoms with Crippen LogP contribution in [0.25, 0.3) is 10.6 Å². The Bertz CT molecular complexity index is 940. The third kappa shape index (κ3) is 4.18. The smallest absolute Gasteiger partial charge is 0.161 e. The number of fused-ring (bicyclic) bond motifs is 1. The van der Waals surface area contributed by atoms with Gasteiger partial charge in [-0.05, 0) is 47.9 Å². The monoisotopic (exact) mass is 398 g/mol. The molecule has 3 aromatic rings. The van der Waals surface area contributed by atoms with Crippen LogP contribution in [0.15, 0.2) is 47.8 Å². The first-order chi connectivity index (χ1) is 13.6. The topological polar surface area (TPSA) is 43.4 Å². The summed E-state index contributed by atoms with van der Waals surface area (Å²) in [4.78, 5) is 4.69. The summed E-state index contributed by atoms with van der Waals surface area (Å²) in [6, 6.07) is 12.8. The molecular formula is C22H23FN2O2S. The fourth-order valence-corrected chi connectivity index (χ4v) is 4.15. The first-order valence-electron chi connectivity index (χ1n) is 9.43. The third-order valence-corrected chi connectivity index (χ3v) is 5.68. The Kier molecular flexibility index (Phi) is 5.59. The van der Waals surface area contributed by atoms with Gasteiger partial charge in [-0.15, -0.1) is 11.3 Å². The molecule has 1 aliphatic heterocycles. The molecule has 1 aliphatic rings. The number of ether oxygens (including phenoxy) is 2. The van der Waals surface area contributed by atoms with Gasteiger partial charge >= 0.3 is 0 Å². The SMILES string of the molecule is CC(C)C(NCc1csc(-c2ccc(F)cc2)n1)c1ccc2c(c1)OCCO2. The molecule has 0 saturated heterocycles. The second-order valence-corrected chi connectivity index (χ2v) is 8.01. The van der Waals surface area contributed by atoms with Crippen molar-refractivity contribution in [3.05, 3.63) is 64.9 Å². The Morgan fingerprint density at radius 3 is 2.57 bits per heavy atom. The highest BCUT2D eigenvalue weighted by molar-refractivity contribution is 7.13. The predicted octanol–water partition coefficient (Wildman–Crippen LogP) is 5.21. The van der Waals surface area contributed by atoms with E-state index < -0.39 is 0 Å². The Hall–Kier alpha value is -2.44. The summed E-state index contributed by atoms with van der Waals surface area (Å²) in [5.41, 5.74) is 3.09. The van der Waals surface area contributed by atoms with Gasteiger partial charge in [0.15, 0.2) is 11.5 Å². The van der Waals surface area contributed by atoms with Crippen molar-refractivity contribution in [2.24, 2.45) is 5.92 Å². The summed E-state index contributed by atoms with van der Waals surface area (Å²) in [7, 11) is 0. The van der Waals surface area contributed by atoms with E-state index in [4.69, 9.17) is 14.5 Å². The van der Waals surface area contributed by atoms with Gasteiger partial charge in [0, 0.05) is 23.5 Å². The molecule has 0 fully saturated rings. The summed E-state index contributed by atoms with van der Waals surface area (Å²) in [6.45, 7) is 6.23. The molecule has 4 rings (SSSR count). The Morgan fingerprint density at radius 1 is 1.07 bits per heavy atom. The lowest BCUT2D eigenvalue weighted by atomic mass is 9.95. The van der Waals surface area contributed by atoms with Crippen molar-refractivity contribution in [3.63, 3.8) is 0 Å². The molecule has 0 bridgehead atoms. The van der Waals surface area contributed by atoms with Crippen molar-refractivity contribution >= 4 is 11.3 Å². The van der Waals surface area contributed by atoms with Crippen LogP contribution in [0, 0.1) is 11.7 Å². The molecule has 2 aromatic carbocycles. The van der Waals surface area contributed by atoms with Crippen LogP contribution in [0.5, 0.6) is 11.5 Å². The lowest BCUT2D eigenvalue weighted by molar-refractivity contribution is 0.171. The highest BCUT2D eigenvalue weighted by Crippen LogP contribution is 2.34. The number of thiazole rings is 1. The van der Waals surface area contributed by atoms with Gasteiger partial charge in [-0.1, -0.05) is 19.9 Å². The van der Waals surface area contributed by atoms with Crippen LogP contribution in [0.3, 0.4) is 0 Å². The van der Waals surface area contributed by atoms with E-state index in [1.165, 1.54) is 17.7 Å². The highest BCUT2D eigenvalue weighted by Gasteiger charge is 2.20. The van der Waals surface area contributed by atoms with Crippen molar-refractivity contribution < 1.29 is 13.9 Å². The molecule has 1 N–H and O–H groups in total. The van der Waals surface area contributed by atoms with Gasteiger partial charge in [0.2, 0.25) is 0 Å². The first-order valence-corrected chi connectivity index (χ1v) is 10.3. The van der Waals surface area contributed by atoms with E-state index >= 15 is 0 Å². The van der Waals surface area contributed by atoms with Gasteiger partial charge in [-0.3, -0.25) is 0 Å². The van der Waals surface area contributed by atoms with Crippen LogP contribution in [-0.4, -0.2) is 18.2 Å². The molecular weight excluding hydrogens is 375 g/mol. The van der Waals surface area contributed by atoms with Crippen LogP contribution in [0.1, 0.15) is 31.1 Å². The van der Waals surface area contributed by atoms with Gasteiger partial charge in [0.1, 0.15) is 24.0 Å². The van der Waals surface area contributed by atoms with E-state index in [0.29, 0.717) is 25.7 Å². The molecule has 0 spiro atoms. The molecule has 6 heteroatoms. The normalized spacial score (nSPS) is 14.3. The predicted molar refractivity (Wildman–Crippen MR) is 109 cm³/mol. The molecule has 2 heterocycles. The van der Waals surface area contributed by atoms with E-state index in [1.807, 2.05) is 11.4 Å². The summed E-state index contributed by atoms with van der Waals surface area (Å²) in [6.07, 6.45) is 0. The van der Waals surface area contributed by atoms with Crippen molar-refractivity contribution in [2.75, 3.05) is 13.2 Å². The molecule has 146 valence electrons. The fraction of sp³-hybridized carbons (Fsp3) is 0.318. The summed E-state index contributed by atoms with van der Waals surface area (Å²) >= 11 is 1.57. The minimum Gasteiger partial charge on any atom is -0.486 e. The van der Waals surface area contributed by atoms with Gasteiger partial charge in [-0.25, -0.2) is 9.37 Å². The van der Waals surface area contributed by atoms with E-state index in [0.717, 1.165) is 27.8 Å². The van der Waals surface area contributed by atoms with Crippen molar-refractivity contribution in [1.29, 1.82) is 0 Å².